The summed E-state index contributed by atoms with van der Waals surface area (Å²) in [7, 11) is 3.54. The molecule has 0 saturated heterocycles. The number of aryl methyl sites for hydroxylation is 1. The van der Waals surface area contributed by atoms with E-state index in [0.717, 1.165) is 22.4 Å². The zero-order valence-corrected chi connectivity index (χ0v) is 15.7. The molecule has 0 saturated carbocycles. The van der Waals surface area contributed by atoms with Gasteiger partial charge in [-0.05, 0) is 42.8 Å². The fraction of sp³-hybridized carbons (Fsp3) is 0.238. The van der Waals surface area contributed by atoms with Gasteiger partial charge in [0.25, 0.3) is 0 Å². The molecular formula is C21H23N3O3. The summed E-state index contributed by atoms with van der Waals surface area (Å²) < 4.78 is 12.8. The van der Waals surface area contributed by atoms with Gasteiger partial charge in [-0.1, -0.05) is 18.2 Å². The van der Waals surface area contributed by atoms with Crippen LogP contribution in [-0.4, -0.2) is 29.2 Å². The van der Waals surface area contributed by atoms with Crippen LogP contribution < -0.4 is 14.8 Å². The number of methoxy groups -OCH3 is 1. The molecule has 0 aliphatic rings. The molecule has 0 aliphatic carbocycles. The van der Waals surface area contributed by atoms with E-state index < -0.39 is 0 Å². The van der Waals surface area contributed by atoms with E-state index in [0.29, 0.717) is 24.7 Å². The Morgan fingerprint density at radius 3 is 2.78 bits per heavy atom. The number of benzene rings is 2. The monoisotopic (exact) mass is 365 g/mol. The van der Waals surface area contributed by atoms with Crippen molar-refractivity contribution in [3.05, 3.63) is 59.9 Å². The van der Waals surface area contributed by atoms with Crippen molar-refractivity contribution in [1.82, 2.24) is 14.9 Å². The maximum absolute atomic E-state index is 12.2. The Bertz CT molecular complexity index is 976. The summed E-state index contributed by atoms with van der Waals surface area (Å²) >= 11 is 0. The smallest absolute Gasteiger partial charge is 0.244 e. The highest BCUT2D eigenvalue weighted by molar-refractivity contribution is 5.91. The van der Waals surface area contributed by atoms with E-state index in [2.05, 4.69) is 10.3 Å². The summed E-state index contributed by atoms with van der Waals surface area (Å²) in [6.45, 7) is 2.82. The second-order valence-corrected chi connectivity index (χ2v) is 5.97. The zero-order valence-electron chi connectivity index (χ0n) is 15.7. The number of aromatic nitrogens is 2. The quantitative estimate of drug-likeness (QED) is 0.653. The van der Waals surface area contributed by atoms with Gasteiger partial charge >= 0.3 is 0 Å². The number of rotatable bonds is 7. The lowest BCUT2D eigenvalue weighted by Gasteiger charge is -2.09. The first-order valence-corrected chi connectivity index (χ1v) is 8.79. The molecule has 3 rings (SSSR count). The van der Waals surface area contributed by atoms with Crippen LogP contribution in [0.15, 0.2) is 48.5 Å². The first-order chi connectivity index (χ1) is 13.1. The molecule has 140 valence electrons. The number of carbonyl (C=O) groups excluding carboxylic acids is 1. The third-order valence-electron chi connectivity index (χ3n) is 4.22. The number of hydrogen-bond acceptors (Lipinski definition) is 4. The van der Waals surface area contributed by atoms with Gasteiger partial charge in [0.15, 0.2) is 11.5 Å². The van der Waals surface area contributed by atoms with Crippen molar-refractivity contribution in [3.63, 3.8) is 0 Å². The molecule has 0 unspecified atom stereocenters. The van der Waals surface area contributed by atoms with E-state index in [1.807, 2.05) is 61.0 Å². The Morgan fingerprint density at radius 1 is 1.22 bits per heavy atom. The van der Waals surface area contributed by atoms with Crippen LogP contribution in [0.5, 0.6) is 11.5 Å². The van der Waals surface area contributed by atoms with Crippen LogP contribution in [0, 0.1) is 0 Å². The fourth-order valence-corrected chi connectivity index (χ4v) is 2.82. The lowest BCUT2D eigenvalue weighted by atomic mass is 10.2. The van der Waals surface area contributed by atoms with Crippen molar-refractivity contribution in [3.8, 4) is 11.5 Å². The average molecular weight is 365 g/mol. The van der Waals surface area contributed by atoms with Crippen molar-refractivity contribution in [2.24, 2.45) is 7.05 Å². The van der Waals surface area contributed by atoms with E-state index in [4.69, 9.17) is 9.47 Å². The minimum Gasteiger partial charge on any atom is -0.493 e. The van der Waals surface area contributed by atoms with Gasteiger partial charge in [0, 0.05) is 13.1 Å². The van der Waals surface area contributed by atoms with Crippen LogP contribution in [0.2, 0.25) is 0 Å². The maximum atomic E-state index is 12.2. The van der Waals surface area contributed by atoms with E-state index >= 15 is 0 Å². The van der Waals surface area contributed by atoms with Gasteiger partial charge in [0.2, 0.25) is 5.91 Å². The Labute approximate surface area is 158 Å². The third-order valence-corrected chi connectivity index (χ3v) is 4.22. The number of imidazole rings is 1. The summed E-state index contributed by atoms with van der Waals surface area (Å²) in [4.78, 5) is 16.7. The van der Waals surface area contributed by atoms with E-state index in [1.165, 1.54) is 6.08 Å². The lowest BCUT2D eigenvalue weighted by molar-refractivity contribution is -0.116. The molecule has 1 amide bonds. The molecule has 0 aliphatic heterocycles. The summed E-state index contributed by atoms with van der Waals surface area (Å²) in [6, 6.07) is 13.4. The van der Waals surface area contributed by atoms with E-state index in [1.54, 1.807) is 13.2 Å². The summed E-state index contributed by atoms with van der Waals surface area (Å²) in [5, 5.41) is 2.87. The molecule has 2 aromatic carbocycles. The molecular weight excluding hydrogens is 342 g/mol. The number of nitrogens with zero attached hydrogens (tertiary/aromatic N) is 2. The van der Waals surface area contributed by atoms with E-state index in [-0.39, 0.29) is 5.91 Å². The molecule has 1 aromatic heterocycles. The predicted molar refractivity (Wildman–Crippen MR) is 106 cm³/mol. The van der Waals surface area contributed by atoms with Gasteiger partial charge in [-0.3, -0.25) is 4.79 Å². The number of amides is 1. The topological polar surface area (TPSA) is 65.4 Å². The largest absolute Gasteiger partial charge is 0.493 e. The highest BCUT2D eigenvalue weighted by atomic mass is 16.5. The van der Waals surface area contributed by atoms with Crippen LogP contribution in [0.4, 0.5) is 0 Å². The molecule has 6 heteroatoms. The molecule has 1 N–H and O–H groups in total. The highest BCUT2D eigenvalue weighted by Gasteiger charge is 2.08. The summed E-state index contributed by atoms with van der Waals surface area (Å²) in [6.07, 6.45) is 3.24. The summed E-state index contributed by atoms with van der Waals surface area (Å²) in [5.74, 6) is 1.94. The summed E-state index contributed by atoms with van der Waals surface area (Å²) in [5.41, 5.74) is 2.82. The predicted octanol–water partition coefficient (Wildman–Crippen LogP) is 3.31. The number of nitrogens with one attached hydrogen (secondary N) is 1. The molecule has 0 radical (unpaired) electrons. The second kappa shape index (κ2) is 8.40. The van der Waals surface area contributed by atoms with Crippen molar-refractivity contribution >= 4 is 23.0 Å². The van der Waals surface area contributed by atoms with Crippen LogP contribution in [-0.2, 0) is 18.4 Å². The lowest BCUT2D eigenvalue weighted by Crippen LogP contribution is -2.22. The van der Waals surface area contributed by atoms with Crippen LogP contribution in [0.1, 0.15) is 18.3 Å². The van der Waals surface area contributed by atoms with Crippen molar-refractivity contribution < 1.29 is 14.3 Å². The van der Waals surface area contributed by atoms with Gasteiger partial charge < -0.3 is 19.4 Å². The normalized spacial score (nSPS) is 11.1. The van der Waals surface area contributed by atoms with Gasteiger partial charge in [-0.2, -0.15) is 0 Å². The van der Waals surface area contributed by atoms with Crippen LogP contribution >= 0.6 is 0 Å². The second-order valence-electron chi connectivity index (χ2n) is 5.97. The number of carbonyl (C=O) groups is 1. The van der Waals surface area contributed by atoms with Crippen molar-refractivity contribution in [2.75, 3.05) is 13.7 Å². The molecule has 6 nitrogen and oxygen atoms in total. The SMILES string of the molecule is CCOc1cc(/C=C/C(=O)NCc2nc3ccccc3n2C)ccc1OC. The molecule has 0 atom stereocenters. The fourth-order valence-electron chi connectivity index (χ4n) is 2.82. The molecule has 3 aromatic rings. The first-order valence-electron chi connectivity index (χ1n) is 8.79. The zero-order chi connectivity index (χ0) is 19.2. The Hall–Kier alpha value is -3.28. The van der Waals surface area contributed by atoms with Gasteiger partial charge in [0.05, 0.1) is 31.3 Å². The van der Waals surface area contributed by atoms with Crippen molar-refractivity contribution in [2.45, 2.75) is 13.5 Å². The molecule has 1 heterocycles. The standard InChI is InChI=1S/C21H23N3O3/c1-4-27-19-13-15(9-11-18(19)26-3)10-12-21(25)22-14-20-23-16-7-5-6-8-17(16)24(20)2/h5-13H,4,14H2,1-3H3,(H,22,25)/b12-10+. The highest BCUT2D eigenvalue weighted by Crippen LogP contribution is 2.28. The molecule has 27 heavy (non-hydrogen) atoms. The van der Waals surface area contributed by atoms with Gasteiger partial charge in [-0.25, -0.2) is 4.98 Å². The number of hydrogen-bond donors (Lipinski definition) is 1. The Balaban J connectivity index is 1.65. The third kappa shape index (κ3) is 4.28. The number of fused-ring (bicyclic) bond motifs is 1. The first kappa shape index (κ1) is 18.5. The molecule has 0 fully saturated rings. The molecule has 0 bridgehead atoms. The molecule has 0 spiro atoms. The minimum atomic E-state index is -0.184. The average Bonchev–Trinajstić information content (AvgIpc) is 3.01. The Kier molecular flexibility index (Phi) is 5.76. The van der Waals surface area contributed by atoms with Crippen molar-refractivity contribution in [1.29, 1.82) is 0 Å². The number of ether oxygens (including phenoxy) is 2. The van der Waals surface area contributed by atoms with Gasteiger partial charge in [0.1, 0.15) is 5.82 Å². The number of para-hydroxylation sites is 2. The van der Waals surface area contributed by atoms with Crippen LogP contribution in [0.25, 0.3) is 17.1 Å². The Morgan fingerprint density at radius 2 is 2.04 bits per heavy atom. The van der Waals surface area contributed by atoms with Gasteiger partial charge in [-0.15, -0.1) is 0 Å². The maximum Gasteiger partial charge on any atom is 0.244 e. The minimum absolute atomic E-state index is 0.184. The van der Waals surface area contributed by atoms with Crippen LogP contribution in [0.3, 0.4) is 0 Å². The van der Waals surface area contributed by atoms with E-state index in [9.17, 15) is 4.79 Å².